The highest BCUT2D eigenvalue weighted by molar-refractivity contribution is 9.10. The van der Waals surface area contributed by atoms with Crippen molar-refractivity contribution in [2.45, 2.75) is 24.0 Å². The van der Waals surface area contributed by atoms with E-state index in [1.54, 1.807) is 32.2 Å². The fraction of sp³-hybridized carbons (Fsp3) is 0.545. The molecule has 3 nitrogen and oxygen atoms in total. The predicted octanol–water partition coefficient (Wildman–Crippen LogP) is 3.34. The van der Waals surface area contributed by atoms with Gasteiger partial charge >= 0.3 is 0 Å². The average molecular weight is 306 g/mol. The first kappa shape index (κ1) is 14.0. The molecule has 0 N–H and O–H groups in total. The normalized spacial score (nSPS) is 11.0. The number of thioether (sulfide) groups is 1. The van der Waals surface area contributed by atoms with E-state index in [1.807, 2.05) is 6.20 Å². The number of pyridine rings is 1. The number of hydrogen-bond acceptors (Lipinski definition) is 4. The van der Waals surface area contributed by atoms with Gasteiger partial charge in [-0.1, -0.05) is 0 Å². The summed E-state index contributed by atoms with van der Waals surface area (Å²) in [6, 6.07) is 2.07. The van der Waals surface area contributed by atoms with Gasteiger partial charge in [-0.05, 0) is 40.6 Å². The first-order valence-electron chi connectivity index (χ1n) is 5.05. The lowest BCUT2D eigenvalue weighted by Gasteiger charge is -2.12. The molecule has 0 aromatic carbocycles. The summed E-state index contributed by atoms with van der Waals surface area (Å²) in [6.07, 6.45) is 5.56. The predicted molar refractivity (Wildman–Crippen MR) is 69.7 cm³/mol. The van der Waals surface area contributed by atoms with Crippen molar-refractivity contribution in [1.29, 1.82) is 0 Å². The largest absolute Gasteiger partial charge is 0.356 e. The van der Waals surface area contributed by atoms with Gasteiger partial charge in [-0.3, -0.25) is 4.98 Å². The standard InChI is InChI=1S/C11H16BrNO2S/c1-14-11(15-2)4-3-5-16-10-6-9(12)7-13-8-10/h6-8,11H,3-5H2,1-2H3. The maximum absolute atomic E-state index is 5.12. The Morgan fingerprint density at radius 1 is 1.38 bits per heavy atom. The molecular formula is C11H16BrNO2S. The molecule has 0 aliphatic carbocycles. The zero-order valence-corrected chi connectivity index (χ0v) is 11.9. The van der Waals surface area contributed by atoms with Gasteiger partial charge in [0, 0.05) is 36.0 Å². The zero-order chi connectivity index (χ0) is 11.8. The Morgan fingerprint density at radius 2 is 2.12 bits per heavy atom. The first-order valence-corrected chi connectivity index (χ1v) is 6.83. The molecule has 0 unspecified atom stereocenters. The highest BCUT2D eigenvalue weighted by Crippen LogP contribution is 2.22. The molecule has 5 heteroatoms. The molecule has 0 atom stereocenters. The Labute approximate surface area is 109 Å². The monoisotopic (exact) mass is 305 g/mol. The molecule has 0 radical (unpaired) electrons. The molecule has 0 spiro atoms. The lowest BCUT2D eigenvalue weighted by molar-refractivity contribution is -0.106. The topological polar surface area (TPSA) is 31.4 Å². The number of methoxy groups -OCH3 is 2. The molecule has 0 amide bonds. The van der Waals surface area contributed by atoms with Crippen LogP contribution in [0.4, 0.5) is 0 Å². The van der Waals surface area contributed by atoms with Gasteiger partial charge in [-0.2, -0.15) is 0 Å². The minimum absolute atomic E-state index is 0.0822. The summed E-state index contributed by atoms with van der Waals surface area (Å²) < 4.78 is 11.3. The van der Waals surface area contributed by atoms with Crippen LogP contribution in [0.15, 0.2) is 27.8 Å². The van der Waals surface area contributed by atoms with Crippen molar-refractivity contribution in [1.82, 2.24) is 4.98 Å². The minimum atomic E-state index is -0.0822. The van der Waals surface area contributed by atoms with Gasteiger partial charge in [-0.15, -0.1) is 11.8 Å². The van der Waals surface area contributed by atoms with Gasteiger partial charge in [0.2, 0.25) is 0 Å². The van der Waals surface area contributed by atoms with Gasteiger partial charge in [0.25, 0.3) is 0 Å². The Balaban J connectivity index is 2.20. The highest BCUT2D eigenvalue weighted by atomic mass is 79.9. The van der Waals surface area contributed by atoms with E-state index < -0.39 is 0 Å². The van der Waals surface area contributed by atoms with Crippen LogP contribution in [0.3, 0.4) is 0 Å². The van der Waals surface area contributed by atoms with Crippen molar-refractivity contribution in [2.24, 2.45) is 0 Å². The van der Waals surface area contributed by atoms with Crippen LogP contribution < -0.4 is 0 Å². The summed E-state index contributed by atoms with van der Waals surface area (Å²) in [6.45, 7) is 0. The van der Waals surface area contributed by atoms with Crippen molar-refractivity contribution in [2.75, 3.05) is 20.0 Å². The van der Waals surface area contributed by atoms with Crippen molar-refractivity contribution in [3.8, 4) is 0 Å². The summed E-state index contributed by atoms with van der Waals surface area (Å²) in [5, 5.41) is 0. The first-order chi connectivity index (χ1) is 7.76. The number of halogens is 1. The average Bonchev–Trinajstić information content (AvgIpc) is 2.29. The second-order valence-corrected chi connectivity index (χ2v) is 5.31. The van der Waals surface area contributed by atoms with E-state index in [-0.39, 0.29) is 6.29 Å². The van der Waals surface area contributed by atoms with Gasteiger partial charge < -0.3 is 9.47 Å². The van der Waals surface area contributed by atoms with E-state index in [2.05, 4.69) is 27.0 Å². The molecule has 0 bridgehead atoms. The second kappa shape index (κ2) is 8.06. The van der Waals surface area contributed by atoms with Crippen LogP contribution in [0.5, 0.6) is 0 Å². The molecule has 0 fully saturated rings. The molecule has 0 saturated carbocycles. The number of hydrogen-bond donors (Lipinski definition) is 0. The van der Waals surface area contributed by atoms with Crippen molar-refractivity contribution < 1.29 is 9.47 Å². The molecule has 0 aliphatic rings. The van der Waals surface area contributed by atoms with Gasteiger partial charge in [0.15, 0.2) is 6.29 Å². The van der Waals surface area contributed by atoms with Crippen LogP contribution in [-0.4, -0.2) is 31.2 Å². The molecule has 90 valence electrons. The van der Waals surface area contributed by atoms with Crippen LogP contribution >= 0.6 is 27.7 Å². The molecule has 1 heterocycles. The van der Waals surface area contributed by atoms with E-state index in [0.29, 0.717) is 0 Å². The van der Waals surface area contributed by atoms with E-state index in [1.165, 1.54) is 4.90 Å². The highest BCUT2D eigenvalue weighted by Gasteiger charge is 2.04. The van der Waals surface area contributed by atoms with E-state index in [4.69, 9.17) is 9.47 Å². The van der Waals surface area contributed by atoms with Crippen LogP contribution in [0.1, 0.15) is 12.8 Å². The Bertz CT molecular complexity index is 308. The number of aromatic nitrogens is 1. The second-order valence-electron chi connectivity index (χ2n) is 3.23. The summed E-state index contributed by atoms with van der Waals surface area (Å²) >= 11 is 5.19. The maximum Gasteiger partial charge on any atom is 0.156 e. The van der Waals surface area contributed by atoms with E-state index >= 15 is 0 Å². The Kier molecular flexibility index (Phi) is 7.03. The quantitative estimate of drug-likeness (QED) is 0.439. The summed E-state index contributed by atoms with van der Waals surface area (Å²) in [5.74, 6) is 1.04. The zero-order valence-electron chi connectivity index (χ0n) is 9.48. The summed E-state index contributed by atoms with van der Waals surface area (Å²) in [7, 11) is 3.33. The third-order valence-corrected chi connectivity index (χ3v) is 3.54. The molecule has 16 heavy (non-hydrogen) atoms. The van der Waals surface area contributed by atoms with Crippen molar-refractivity contribution >= 4 is 27.7 Å². The lowest BCUT2D eigenvalue weighted by atomic mass is 10.3. The smallest absolute Gasteiger partial charge is 0.156 e. The summed E-state index contributed by atoms with van der Waals surface area (Å²) in [4.78, 5) is 5.29. The minimum Gasteiger partial charge on any atom is -0.356 e. The SMILES string of the molecule is COC(CCCSc1cncc(Br)c1)OC. The number of ether oxygens (including phenoxy) is 2. The van der Waals surface area contributed by atoms with Crippen molar-refractivity contribution in [3.05, 3.63) is 22.9 Å². The molecule has 1 rings (SSSR count). The van der Waals surface area contributed by atoms with Crippen LogP contribution in [-0.2, 0) is 9.47 Å². The third-order valence-electron chi connectivity index (χ3n) is 2.06. The van der Waals surface area contributed by atoms with Crippen LogP contribution in [0, 0.1) is 0 Å². The van der Waals surface area contributed by atoms with Crippen LogP contribution in [0.2, 0.25) is 0 Å². The third kappa shape index (κ3) is 5.30. The van der Waals surface area contributed by atoms with Crippen molar-refractivity contribution in [3.63, 3.8) is 0 Å². The number of rotatable bonds is 7. The van der Waals surface area contributed by atoms with E-state index in [9.17, 15) is 0 Å². The van der Waals surface area contributed by atoms with Gasteiger partial charge in [0.1, 0.15) is 0 Å². The Morgan fingerprint density at radius 3 is 2.75 bits per heavy atom. The lowest BCUT2D eigenvalue weighted by Crippen LogP contribution is -2.12. The fourth-order valence-electron chi connectivity index (χ4n) is 1.24. The van der Waals surface area contributed by atoms with Gasteiger partial charge in [0.05, 0.1) is 0 Å². The summed E-state index contributed by atoms with van der Waals surface area (Å²) in [5.41, 5.74) is 0. The molecular weight excluding hydrogens is 290 g/mol. The Hall–Kier alpha value is -0.100. The molecule has 0 saturated heterocycles. The maximum atomic E-state index is 5.12. The number of nitrogens with zero attached hydrogens (tertiary/aromatic N) is 1. The van der Waals surface area contributed by atoms with E-state index in [0.717, 1.165) is 23.1 Å². The molecule has 1 aromatic rings. The van der Waals surface area contributed by atoms with Gasteiger partial charge in [-0.25, -0.2) is 0 Å². The molecule has 0 aliphatic heterocycles. The molecule has 1 aromatic heterocycles. The fourth-order valence-corrected chi connectivity index (χ4v) is 2.65. The van der Waals surface area contributed by atoms with Crippen LogP contribution in [0.25, 0.3) is 0 Å².